The maximum absolute atomic E-state index is 15.6. The standard InChI is InChI=1S/C46H44F3N3O10/c1-51(34(41(55)50-23-24-53)25-30-11-5-2-6-12-30)43(57)44-26-35-37-38(61-46(60-37,32-13-7-3-8-14-32)33-15-9-4-10-16-33)40(44)62-52(39(44)42(56)59-35)27-31-19-17-29(18-20-31)21-22-36(54)58-28-45(47,48)49/h2-22,34-35,37-40,53H,23-28H2,1H3,(H,50,55)/t34-,35-,37+,38+,39+,40-,44+/m1/s1. The number of nitrogens with one attached hydrogen (secondary N) is 1. The molecule has 2 N–H and O–H groups in total. The van der Waals surface area contributed by atoms with Crippen LogP contribution in [-0.4, -0.2) is 108 Å². The number of aliphatic hydroxyl groups is 1. The molecule has 0 unspecified atom stereocenters. The maximum atomic E-state index is 15.6. The predicted octanol–water partition coefficient (Wildman–Crippen LogP) is 4.47. The number of halogens is 3. The first-order chi connectivity index (χ1) is 29.8. The minimum absolute atomic E-state index is 0.0254. The Morgan fingerprint density at radius 3 is 2.13 bits per heavy atom. The second-order valence-electron chi connectivity index (χ2n) is 15.7. The number of rotatable bonds is 14. The number of hydroxylamine groups is 2. The number of hydrogen-bond acceptors (Lipinski definition) is 11. The Bertz CT molecular complexity index is 2240. The highest BCUT2D eigenvalue weighted by Gasteiger charge is 2.77. The molecule has 4 aliphatic rings. The van der Waals surface area contributed by atoms with E-state index in [0.29, 0.717) is 22.3 Å². The number of carbonyl (C=O) groups is 4. The Hall–Kier alpha value is -5.91. The van der Waals surface area contributed by atoms with Gasteiger partial charge in [0.25, 0.3) is 0 Å². The van der Waals surface area contributed by atoms with Gasteiger partial charge in [0.05, 0.1) is 13.2 Å². The average molecular weight is 856 g/mol. The lowest BCUT2D eigenvalue weighted by molar-refractivity contribution is -0.214. The molecule has 0 aromatic heterocycles. The van der Waals surface area contributed by atoms with Gasteiger partial charge < -0.3 is 34.3 Å². The first-order valence-corrected chi connectivity index (χ1v) is 20.1. The molecule has 3 aliphatic heterocycles. The fraction of sp³-hybridized carbons (Fsp3) is 0.348. The van der Waals surface area contributed by atoms with E-state index < -0.39 is 84.2 Å². The minimum Gasteiger partial charge on any atom is -0.458 e. The van der Waals surface area contributed by atoms with Gasteiger partial charge in [0.15, 0.2) is 12.6 Å². The predicted molar refractivity (Wildman–Crippen MR) is 214 cm³/mol. The molecular weight excluding hydrogens is 812 g/mol. The Morgan fingerprint density at radius 1 is 0.903 bits per heavy atom. The second kappa shape index (κ2) is 17.5. The van der Waals surface area contributed by atoms with Gasteiger partial charge in [-0.2, -0.15) is 18.2 Å². The van der Waals surface area contributed by atoms with Crippen LogP contribution in [-0.2, 0) is 61.7 Å². The molecule has 1 saturated carbocycles. The van der Waals surface area contributed by atoms with Crippen LogP contribution in [0.4, 0.5) is 13.2 Å². The number of hydrogen-bond donors (Lipinski definition) is 2. The zero-order valence-electron chi connectivity index (χ0n) is 33.5. The van der Waals surface area contributed by atoms with Crippen LogP contribution in [0.25, 0.3) is 6.08 Å². The van der Waals surface area contributed by atoms with Gasteiger partial charge in [-0.15, -0.1) is 0 Å². The molecule has 2 bridgehead atoms. The SMILES string of the molecule is CN(C(=O)[C@@]12C[C@H]3OC(=O)[C@@H]1N(Cc1ccc(C=CC(=O)OCC(F)(F)F)cc1)O[C@@H]2[C@H]1OC(c2ccccc2)(c2ccccc2)O[C@H]13)[C@H](Cc1ccccc1)C(=O)NCCO. The normalized spacial score (nSPS) is 25.4. The summed E-state index contributed by atoms with van der Waals surface area (Å²) in [5.41, 5.74) is 1.53. The summed E-state index contributed by atoms with van der Waals surface area (Å²) in [6, 6.07) is 32.0. The number of fused-ring (bicyclic) bond motifs is 4. The van der Waals surface area contributed by atoms with Crippen LogP contribution < -0.4 is 5.32 Å². The lowest BCUT2D eigenvalue weighted by Gasteiger charge is -2.50. The Balaban J connectivity index is 1.16. The number of ether oxygens (including phenoxy) is 4. The Morgan fingerprint density at radius 2 is 1.52 bits per heavy atom. The van der Waals surface area contributed by atoms with Crippen molar-refractivity contribution in [3.8, 4) is 0 Å². The maximum Gasteiger partial charge on any atom is 0.422 e. The molecule has 324 valence electrons. The molecule has 4 aromatic carbocycles. The number of nitrogens with zero attached hydrogens (tertiary/aromatic N) is 2. The summed E-state index contributed by atoms with van der Waals surface area (Å²) in [4.78, 5) is 63.9. The molecule has 0 spiro atoms. The van der Waals surface area contributed by atoms with Gasteiger partial charge in [-0.3, -0.25) is 19.2 Å². The summed E-state index contributed by atoms with van der Waals surface area (Å²) in [6.45, 7) is -2.11. The fourth-order valence-corrected chi connectivity index (χ4v) is 8.96. The number of esters is 2. The van der Waals surface area contributed by atoms with E-state index in [9.17, 15) is 32.7 Å². The number of alkyl halides is 3. The molecule has 16 heteroatoms. The molecule has 3 heterocycles. The third-order valence-corrected chi connectivity index (χ3v) is 11.7. The van der Waals surface area contributed by atoms with Gasteiger partial charge >= 0.3 is 18.1 Å². The van der Waals surface area contributed by atoms with Crippen molar-refractivity contribution in [2.75, 3.05) is 26.8 Å². The van der Waals surface area contributed by atoms with Crippen molar-refractivity contribution in [1.29, 1.82) is 0 Å². The highest BCUT2D eigenvalue weighted by Crippen LogP contribution is 2.59. The topological polar surface area (TPSA) is 153 Å². The van der Waals surface area contributed by atoms with Crippen molar-refractivity contribution in [3.05, 3.63) is 149 Å². The lowest BCUT2D eigenvalue weighted by atomic mass is 9.62. The summed E-state index contributed by atoms with van der Waals surface area (Å²) in [5.74, 6) is -4.43. The first-order valence-electron chi connectivity index (χ1n) is 20.1. The molecule has 62 heavy (non-hydrogen) atoms. The molecule has 13 nitrogen and oxygen atoms in total. The number of aliphatic hydroxyl groups excluding tert-OH is 1. The average Bonchev–Trinajstić information content (AvgIpc) is 3.86. The highest BCUT2D eigenvalue weighted by molar-refractivity contribution is 5.96. The van der Waals surface area contributed by atoms with E-state index in [0.717, 1.165) is 11.6 Å². The van der Waals surface area contributed by atoms with E-state index in [2.05, 4.69) is 10.1 Å². The van der Waals surface area contributed by atoms with Gasteiger partial charge in [0.2, 0.25) is 17.6 Å². The Labute approximate surface area is 354 Å². The van der Waals surface area contributed by atoms with Crippen LogP contribution in [0.2, 0.25) is 0 Å². The monoisotopic (exact) mass is 855 g/mol. The van der Waals surface area contributed by atoms with E-state index in [1.165, 1.54) is 23.1 Å². The quantitative estimate of drug-likeness (QED) is 0.137. The van der Waals surface area contributed by atoms with Crippen LogP contribution in [0, 0.1) is 5.41 Å². The molecule has 8 rings (SSSR count). The smallest absolute Gasteiger partial charge is 0.422 e. The fourth-order valence-electron chi connectivity index (χ4n) is 8.96. The molecule has 1 aliphatic carbocycles. The van der Waals surface area contributed by atoms with Crippen molar-refractivity contribution in [1.82, 2.24) is 15.3 Å². The first kappa shape index (κ1) is 42.8. The molecule has 4 aromatic rings. The summed E-state index contributed by atoms with van der Waals surface area (Å²) in [7, 11) is 1.52. The molecular formula is C46H44F3N3O10. The van der Waals surface area contributed by atoms with E-state index in [1.807, 2.05) is 91.0 Å². The van der Waals surface area contributed by atoms with E-state index >= 15 is 4.79 Å². The van der Waals surface area contributed by atoms with Crippen molar-refractivity contribution in [2.24, 2.45) is 5.41 Å². The molecule has 0 radical (unpaired) electrons. The number of benzene rings is 4. The van der Waals surface area contributed by atoms with Crippen LogP contribution in [0.1, 0.15) is 34.2 Å². The van der Waals surface area contributed by atoms with Crippen molar-refractivity contribution < 1.29 is 61.2 Å². The van der Waals surface area contributed by atoms with Crippen LogP contribution in [0.5, 0.6) is 0 Å². The Kier molecular flexibility index (Phi) is 12.0. The third kappa shape index (κ3) is 8.23. The molecule has 4 fully saturated rings. The van der Waals surface area contributed by atoms with Crippen LogP contribution >= 0.6 is 0 Å². The largest absolute Gasteiger partial charge is 0.458 e. The van der Waals surface area contributed by atoms with E-state index in [-0.39, 0.29) is 32.5 Å². The van der Waals surface area contributed by atoms with Crippen LogP contribution in [0.15, 0.2) is 121 Å². The third-order valence-electron chi connectivity index (χ3n) is 11.7. The van der Waals surface area contributed by atoms with E-state index in [1.54, 1.807) is 24.3 Å². The second-order valence-corrected chi connectivity index (χ2v) is 15.7. The number of carbonyl (C=O) groups excluding carboxylic acids is 4. The van der Waals surface area contributed by atoms with Crippen molar-refractivity contribution in [2.45, 2.75) is 67.8 Å². The molecule has 2 amide bonds. The number of amides is 2. The summed E-state index contributed by atoms with van der Waals surface area (Å²) in [6.07, 6.45) is -6.33. The molecule has 7 atom stereocenters. The van der Waals surface area contributed by atoms with Crippen molar-refractivity contribution >= 4 is 29.8 Å². The summed E-state index contributed by atoms with van der Waals surface area (Å²) in [5, 5.41) is 13.7. The van der Waals surface area contributed by atoms with Gasteiger partial charge in [0, 0.05) is 43.6 Å². The highest BCUT2D eigenvalue weighted by atomic mass is 19.4. The van der Waals surface area contributed by atoms with Gasteiger partial charge in [-0.25, -0.2) is 4.79 Å². The van der Waals surface area contributed by atoms with Gasteiger partial charge in [-0.05, 0) is 22.8 Å². The lowest BCUT2D eigenvalue weighted by Crippen LogP contribution is -2.70. The van der Waals surface area contributed by atoms with E-state index in [4.69, 9.17) is 19.0 Å². The zero-order valence-corrected chi connectivity index (χ0v) is 33.5. The van der Waals surface area contributed by atoms with Gasteiger partial charge in [0.1, 0.15) is 35.9 Å². The summed E-state index contributed by atoms with van der Waals surface area (Å²) < 4.78 is 62.0. The number of likely N-dealkylation sites (N-methyl/N-ethyl adjacent to an activating group) is 1. The van der Waals surface area contributed by atoms with Gasteiger partial charge in [-0.1, -0.05) is 115 Å². The van der Waals surface area contributed by atoms with Crippen molar-refractivity contribution in [3.63, 3.8) is 0 Å². The zero-order chi connectivity index (χ0) is 43.6. The summed E-state index contributed by atoms with van der Waals surface area (Å²) >= 11 is 0. The molecule has 3 saturated heterocycles. The minimum atomic E-state index is -4.66. The van der Waals surface area contributed by atoms with Crippen LogP contribution in [0.3, 0.4) is 0 Å².